The Bertz CT molecular complexity index is 790. The summed E-state index contributed by atoms with van der Waals surface area (Å²) in [4.78, 5) is 22.6. The summed E-state index contributed by atoms with van der Waals surface area (Å²) in [5, 5.41) is 21.6. The molecule has 0 saturated heterocycles. The van der Waals surface area contributed by atoms with Crippen LogP contribution in [0.1, 0.15) is 21.6 Å². The van der Waals surface area contributed by atoms with Crippen molar-refractivity contribution in [2.24, 2.45) is 0 Å². The summed E-state index contributed by atoms with van der Waals surface area (Å²) in [6, 6.07) is 9.13. The third kappa shape index (κ3) is 3.06. The maximum Gasteiger partial charge on any atom is 0.356 e. The summed E-state index contributed by atoms with van der Waals surface area (Å²) < 4.78 is 6.13. The van der Waals surface area contributed by atoms with Crippen molar-refractivity contribution in [3.8, 4) is 11.8 Å². The molecule has 2 aromatic rings. The topological polar surface area (TPSA) is 105 Å². The van der Waals surface area contributed by atoms with E-state index in [1.165, 1.54) is 7.11 Å². The lowest BCUT2D eigenvalue weighted by atomic mass is 10.1. The van der Waals surface area contributed by atoms with Crippen LogP contribution >= 0.6 is 0 Å². The SMILES string of the molecule is COc1cc(Cn2nc(C(=O)O)ccc2=O)ccc1C#N. The minimum Gasteiger partial charge on any atom is -0.495 e. The maximum atomic E-state index is 11.7. The second-order valence-electron chi connectivity index (χ2n) is 4.17. The first kappa shape index (κ1) is 14.3. The van der Waals surface area contributed by atoms with Crippen LogP contribution in [0.15, 0.2) is 35.1 Å². The van der Waals surface area contributed by atoms with Crippen molar-refractivity contribution >= 4 is 5.97 Å². The number of hydrogen-bond donors (Lipinski definition) is 1. The fourth-order valence-electron chi connectivity index (χ4n) is 1.78. The highest BCUT2D eigenvalue weighted by atomic mass is 16.5. The Morgan fingerprint density at radius 2 is 2.19 bits per heavy atom. The summed E-state index contributed by atoms with van der Waals surface area (Å²) in [6.07, 6.45) is 0. The van der Waals surface area contributed by atoms with E-state index in [9.17, 15) is 9.59 Å². The Morgan fingerprint density at radius 3 is 2.81 bits per heavy atom. The summed E-state index contributed by atoms with van der Waals surface area (Å²) in [7, 11) is 1.44. The molecule has 0 amide bonds. The minimum absolute atomic E-state index is 0.0853. The molecule has 0 radical (unpaired) electrons. The van der Waals surface area contributed by atoms with Crippen LogP contribution in [0.3, 0.4) is 0 Å². The zero-order chi connectivity index (χ0) is 15.4. The largest absolute Gasteiger partial charge is 0.495 e. The lowest BCUT2D eigenvalue weighted by Gasteiger charge is -2.08. The Hall–Kier alpha value is -3.14. The van der Waals surface area contributed by atoms with Gasteiger partial charge in [0.05, 0.1) is 19.2 Å². The molecule has 1 N–H and O–H groups in total. The van der Waals surface area contributed by atoms with Gasteiger partial charge in [-0.25, -0.2) is 9.48 Å². The quantitative estimate of drug-likeness (QED) is 0.893. The Labute approximate surface area is 119 Å². The molecular formula is C14H11N3O4. The van der Waals surface area contributed by atoms with E-state index in [1.807, 2.05) is 6.07 Å². The van der Waals surface area contributed by atoms with Crippen molar-refractivity contribution < 1.29 is 14.6 Å². The Balaban J connectivity index is 2.39. The second-order valence-corrected chi connectivity index (χ2v) is 4.17. The van der Waals surface area contributed by atoms with Crippen molar-refractivity contribution in [2.45, 2.75) is 6.54 Å². The van der Waals surface area contributed by atoms with Crippen LogP contribution in [0.5, 0.6) is 5.75 Å². The molecule has 0 aliphatic heterocycles. The lowest BCUT2D eigenvalue weighted by molar-refractivity contribution is 0.0687. The predicted octanol–water partition coefficient (Wildman–Crippen LogP) is 0.870. The average molecular weight is 285 g/mol. The zero-order valence-electron chi connectivity index (χ0n) is 11.1. The number of rotatable bonds is 4. The third-order valence-corrected chi connectivity index (χ3v) is 2.80. The van der Waals surface area contributed by atoms with Gasteiger partial charge in [0.25, 0.3) is 5.56 Å². The van der Waals surface area contributed by atoms with E-state index in [0.717, 1.165) is 16.8 Å². The summed E-state index contributed by atoms with van der Waals surface area (Å²) in [5.74, 6) is -0.821. The van der Waals surface area contributed by atoms with Gasteiger partial charge in [0.1, 0.15) is 11.8 Å². The molecule has 7 nitrogen and oxygen atoms in total. The highest BCUT2D eigenvalue weighted by Gasteiger charge is 2.09. The number of ether oxygens (including phenoxy) is 1. The van der Waals surface area contributed by atoms with Crippen molar-refractivity contribution in [2.75, 3.05) is 7.11 Å². The average Bonchev–Trinajstić information content (AvgIpc) is 2.49. The summed E-state index contributed by atoms with van der Waals surface area (Å²) >= 11 is 0. The van der Waals surface area contributed by atoms with Gasteiger partial charge in [-0.2, -0.15) is 10.4 Å². The van der Waals surface area contributed by atoms with Gasteiger partial charge in [-0.05, 0) is 23.8 Å². The van der Waals surface area contributed by atoms with Gasteiger partial charge in [0, 0.05) is 6.07 Å². The molecule has 0 unspecified atom stereocenters. The number of carboxylic acids is 1. The van der Waals surface area contributed by atoms with Gasteiger partial charge in [-0.1, -0.05) is 6.07 Å². The lowest BCUT2D eigenvalue weighted by Crippen LogP contribution is -2.24. The monoisotopic (exact) mass is 285 g/mol. The number of nitrogens with zero attached hydrogens (tertiary/aromatic N) is 3. The molecule has 0 bridgehead atoms. The zero-order valence-corrected chi connectivity index (χ0v) is 11.1. The summed E-state index contributed by atoms with van der Waals surface area (Å²) in [6.45, 7) is 0.0853. The smallest absolute Gasteiger partial charge is 0.356 e. The van der Waals surface area contributed by atoms with Crippen molar-refractivity contribution in [1.82, 2.24) is 9.78 Å². The number of aromatic carboxylic acids is 1. The number of carbonyl (C=O) groups is 1. The van der Waals surface area contributed by atoms with Crippen LogP contribution in [0, 0.1) is 11.3 Å². The highest BCUT2D eigenvalue weighted by molar-refractivity contribution is 5.84. The number of benzene rings is 1. The molecular weight excluding hydrogens is 274 g/mol. The summed E-state index contributed by atoms with van der Waals surface area (Å²) in [5.41, 5.74) is 0.419. The van der Waals surface area contributed by atoms with E-state index in [0.29, 0.717) is 16.9 Å². The third-order valence-electron chi connectivity index (χ3n) is 2.80. The van der Waals surface area contributed by atoms with Gasteiger partial charge in [-0.15, -0.1) is 0 Å². The van der Waals surface area contributed by atoms with Crippen molar-refractivity contribution in [3.63, 3.8) is 0 Å². The van der Waals surface area contributed by atoms with Crippen LogP contribution in [0.4, 0.5) is 0 Å². The fourth-order valence-corrected chi connectivity index (χ4v) is 1.78. The number of hydrogen-bond acceptors (Lipinski definition) is 5. The number of methoxy groups -OCH3 is 1. The van der Waals surface area contributed by atoms with Crippen LogP contribution in [0.25, 0.3) is 0 Å². The van der Waals surface area contributed by atoms with E-state index in [2.05, 4.69) is 5.10 Å². The molecule has 0 atom stereocenters. The number of nitriles is 1. The molecule has 106 valence electrons. The van der Waals surface area contributed by atoms with E-state index < -0.39 is 11.5 Å². The molecule has 0 aliphatic carbocycles. The van der Waals surface area contributed by atoms with Crippen LogP contribution in [-0.2, 0) is 6.54 Å². The molecule has 0 aliphatic rings. The normalized spacial score (nSPS) is 9.90. The van der Waals surface area contributed by atoms with Gasteiger partial charge in [0.15, 0.2) is 5.69 Å². The van der Waals surface area contributed by atoms with Crippen molar-refractivity contribution in [3.05, 3.63) is 57.5 Å². The number of aromatic nitrogens is 2. The first-order valence-corrected chi connectivity index (χ1v) is 5.93. The van der Waals surface area contributed by atoms with E-state index in [1.54, 1.807) is 18.2 Å². The van der Waals surface area contributed by atoms with E-state index in [-0.39, 0.29) is 12.2 Å². The molecule has 1 aromatic carbocycles. The Kier molecular flexibility index (Phi) is 4.00. The van der Waals surface area contributed by atoms with Crippen LogP contribution in [-0.4, -0.2) is 28.0 Å². The highest BCUT2D eigenvalue weighted by Crippen LogP contribution is 2.19. The molecule has 0 spiro atoms. The minimum atomic E-state index is -1.21. The molecule has 7 heteroatoms. The van der Waals surface area contributed by atoms with Crippen LogP contribution in [0.2, 0.25) is 0 Å². The second kappa shape index (κ2) is 5.88. The molecule has 0 saturated carbocycles. The first-order valence-electron chi connectivity index (χ1n) is 5.93. The van der Waals surface area contributed by atoms with Crippen LogP contribution < -0.4 is 10.3 Å². The fraction of sp³-hybridized carbons (Fsp3) is 0.143. The van der Waals surface area contributed by atoms with E-state index in [4.69, 9.17) is 15.1 Å². The van der Waals surface area contributed by atoms with Crippen molar-refractivity contribution in [1.29, 1.82) is 5.26 Å². The van der Waals surface area contributed by atoms with Gasteiger partial charge < -0.3 is 9.84 Å². The predicted molar refractivity (Wildman–Crippen MR) is 72.3 cm³/mol. The standard InChI is InChI=1S/C14H11N3O4/c1-21-12-6-9(2-3-10(12)7-15)8-17-13(18)5-4-11(16-17)14(19)20/h2-6H,8H2,1H3,(H,19,20). The maximum absolute atomic E-state index is 11.7. The molecule has 1 heterocycles. The molecule has 1 aromatic heterocycles. The molecule has 2 rings (SSSR count). The van der Waals surface area contributed by atoms with Gasteiger partial charge in [0.2, 0.25) is 0 Å². The van der Waals surface area contributed by atoms with Gasteiger partial charge in [-0.3, -0.25) is 4.79 Å². The Morgan fingerprint density at radius 1 is 1.43 bits per heavy atom. The first-order chi connectivity index (χ1) is 10.0. The molecule has 21 heavy (non-hydrogen) atoms. The van der Waals surface area contributed by atoms with Gasteiger partial charge >= 0.3 is 5.97 Å². The molecule has 0 fully saturated rings. The number of carboxylic acid groups (broad SMARTS) is 1. The van der Waals surface area contributed by atoms with E-state index >= 15 is 0 Å².